The molecule has 0 aliphatic heterocycles. The summed E-state index contributed by atoms with van der Waals surface area (Å²) in [6, 6.07) is 6.59. The predicted octanol–water partition coefficient (Wildman–Crippen LogP) is 4.04. The highest BCUT2D eigenvalue weighted by Crippen LogP contribution is 2.38. The molecule has 0 unspecified atom stereocenters. The van der Waals surface area contributed by atoms with E-state index >= 15 is 0 Å². The number of amides is 1. The maximum Gasteiger partial charge on any atom is 0.434 e. The Balaban J connectivity index is 1.64. The summed E-state index contributed by atoms with van der Waals surface area (Å²) in [6.07, 6.45) is -1.62. The molecule has 0 saturated heterocycles. The molecule has 3 aromatic heterocycles. The molecule has 4 aromatic rings. The number of nitrogens with one attached hydrogen (secondary N) is 1. The van der Waals surface area contributed by atoms with Crippen molar-refractivity contribution in [3.63, 3.8) is 0 Å². The maximum atomic E-state index is 13.7. The minimum Gasteiger partial charge on any atom is -0.334 e. The van der Waals surface area contributed by atoms with Crippen LogP contribution in [0.4, 0.5) is 23.2 Å². The molecule has 4 rings (SSSR count). The first-order valence-electron chi connectivity index (χ1n) is 8.71. The Kier molecular flexibility index (Phi) is 4.97. The standard InChI is InChI=1S/C19H12F4N6O2/c1-10-26-18(31-28-10)14-8-25-29(16(14)19(21,22)23)12-4-2-11(3-5-12)27-17(30)13-6-7-24-9-15(13)20/h2-9H,1H3,(H,27,30). The maximum absolute atomic E-state index is 13.7. The SMILES string of the molecule is Cc1noc(-c2cnn(-c3ccc(NC(=O)c4ccncc4F)cc3)c2C(F)(F)F)n1. The second-order valence-electron chi connectivity index (χ2n) is 6.32. The highest BCUT2D eigenvalue weighted by molar-refractivity contribution is 6.04. The van der Waals surface area contributed by atoms with Gasteiger partial charge in [-0.25, -0.2) is 9.07 Å². The van der Waals surface area contributed by atoms with Crippen LogP contribution in [0, 0.1) is 12.7 Å². The summed E-state index contributed by atoms with van der Waals surface area (Å²) in [5.74, 6) is -1.65. The van der Waals surface area contributed by atoms with Gasteiger partial charge in [0.05, 0.1) is 29.2 Å². The highest BCUT2D eigenvalue weighted by atomic mass is 19.4. The van der Waals surface area contributed by atoms with E-state index in [2.05, 4.69) is 25.5 Å². The molecule has 158 valence electrons. The third-order valence-corrected chi connectivity index (χ3v) is 4.18. The molecular weight excluding hydrogens is 420 g/mol. The smallest absolute Gasteiger partial charge is 0.334 e. The monoisotopic (exact) mass is 432 g/mol. The van der Waals surface area contributed by atoms with Crippen LogP contribution >= 0.6 is 0 Å². The van der Waals surface area contributed by atoms with Crippen LogP contribution < -0.4 is 5.32 Å². The number of aryl methyl sites for hydroxylation is 1. The third-order valence-electron chi connectivity index (χ3n) is 4.18. The van der Waals surface area contributed by atoms with E-state index in [0.717, 1.165) is 12.4 Å². The molecule has 0 bridgehead atoms. The fourth-order valence-electron chi connectivity index (χ4n) is 2.82. The van der Waals surface area contributed by atoms with E-state index in [9.17, 15) is 22.4 Å². The normalized spacial score (nSPS) is 11.5. The topological polar surface area (TPSA) is 98.7 Å². The van der Waals surface area contributed by atoms with Crippen LogP contribution in [0.2, 0.25) is 0 Å². The minimum absolute atomic E-state index is 0.0721. The molecule has 0 fully saturated rings. The summed E-state index contributed by atoms with van der Waals surface area (Å²) >= 11 is 0. The number of pyridine rings is 1. The van der Waals surface area contributed by atoms with E-state index in [1.165, 1.54) is 43.5 Å². The molecule has 8 nitrogen and oxygen atoms in total. The van der Waals surface area contributed by atoms with Gasteiger partial charge in [0.15, 0.2) is 17.3 Å². The lowest BCUT2D eigenvalue weighted by Crippen LogP contribution is -2.15. The van der Waals surface area contributed by atoms with Crippen molar-refractivity contribution in [1.82, 2.24) is 24.9 Å². The molecule has 0 saturated carbocycles. The summed E-state index contributed by atoms with van der Waals surface area (Å²) in [4.78, 5) is 19.6. The number of benzene rings is 1. The summed E-state index contributed by atoms with van der Waals surface area (Å²) in [5.41, 5.74) is -1.35. The Hall–Kier alpha value is -4.09. The number of alkyl halides is 3. The van der Waals surface area contributed by atoms with E-state index < -0.39 is 23.6 Å². The summed E-state index contributed by atoms with van der Waals surface area (Å²) in [7, 11) is 0. The van der Waals surface area contributed by atoms with E-state index in [0.29, 0.717) is 4.68 Å². The lowest BCUT2D eigenvalue weighted by atomic mass is 10.2. The number of halogens is 4. The van der Waals surface area contributed by atoms with Crippen molar-refractivity contribution >= 4 is 11.6 Å². The Morgan fingerprint density at radius 2 is 1.87 bits per heavy atom. The van der Waals surface area contributed by atoms with Crippen molar-refractivity contribution in [2.24, 2.45) is 0 Å². The zero-order chi connectivity index (χ0) is 22.2. The Bertz CT molecular complexity index is 1250. The number of rotatable bonds is 4. The van der Waals surface area contributed by atoms with Crippen molar-refractivity contribution < 1.29 is 26.9 Å². The van der Waals surface area contributed by atoms with Crippen LogP contribution in [-0.4, -0.2) is 30.8 Å². The van der Waals surface area contributed by atoms with Crippen molar-refractivity contribution in [1.29, 1.82) is 0 Å². The molecule has 1 N–H and O–H groups in total. The number of carbonyl (C=O) groups is 1. The van der Waals surface area contributed by atoms with E-state index in [1.807, 2.05) is 0 Å². The molecule has 1 aromatic carbocycles. The lowest BCUT2D eigenvalue weighted by molar-refractivity contribution is -0.142. The summed E-state index contributed by atoms with van der Waals surface area (Å²) in [5, 5.41) is 9.79. The zero-order valence-electron chi connectivity index (χ0n) is 15.7. The second-order valence-corrected chi connectivity index (χ2v) is 6.32. The molecule has 0 radical (unpaired) electrons. The van der Waals surface area contributed by atoms with Crippen LogP contribution in [0.1, 0.15) is 21.9 Å². The van der Waals surface area contributed by atoms with Gasteiger partial charge >= 0.3 is 6.18 Å². The van der Waals surface area contributed by atoms with E-state index in [1.54, 1.807) is 0 Å². The number of hydrogen-bond acceptors (Lipinski definition) is 6. The average molecular weight is 432 g/mol. The molecular formula is C19H12F4N6O2. The van der Waals surface area contributed by atoms with Gasteiger partial charge in [0.25, 0.3) is 11.8 Å². The van der Waals surface area contributed by atoms with Gasteiger partial charge < -0.3 is 9.84 Å². The summed E-state index contributed by atoms with van der Waals surface area (Å²) in [6.45, 7) is 1.48. The minimum atomic E-state index is -4.76. The fraction of sp³-hybridized carbons (Fsp3) is 0.105. The van der Waals surface area contributed by atoms with Crippen molar-refractivity contribution in [2.75, 3.05) is 5.32 Å². The van der Waals surface area contributed by atoms with Crippen LogP contribution in [0.15, 0.2) is 53.4 Å². The van der Waals surface area contributed by atoms with Gasteiger partial charge in [-0.2, -0.15) is 23.3 Å². The zero-order valence-corrected chi connectivity index (χ0v) is 15.7. The molecule has 0 spiro atoms. The number of carbonyl (C=O) groups excluding carboxylic acids is 1. The Labute approximate surface area is 171 Å². The van der Waals surface area contributed by atoms with E-state index in [-0.39, 0.29) is 34.2 Å². The van der Waals surface area contributed by atoms with Gasteiger partial charge in [0.2, 0.25) is 0 Å². The van der Waals surface area contributed by atoms with Gasteiger partial charge in [-0.1, -0.05) is 5.16 Å². The number of aromatic nitrogens is 5. The van der Waals surface area contributed by atoms with Gasteiger partial charge in [0, 0.05) is 11.9 Å². The summed E-state index contributed by atoms with van der Waals surface area (Å²) < 4.78 is 60.5. The predicted molar refractivity (Wildman–Crippen MR) is 98.7 cm³/mol. The quantitative estimate of drug-likeness (QED) is 0.489. The fourth-order valence-corrected chi connectivity index (χ4v) is 2.82. The van der Waals surface area contributed by atoms with Crippen molar-refractivity contribution in [3.05, 3.63) is 71.8 Å². The molecule has 12 heteroatoms. The average Bonchev–Trinajstić information content (AvgIpc) is 3.35. The molecule has 0 atom stereocenters. The Morgan fingerprint density at radius 3 is 2.48 bits per heavy atom. The van der Waals surface area contributed by atoms with Gasteiger partial charge in [0.1, 0.15) is 0 Å². The van der Waals surface area contributed by atoms with Gasteiger partial charge in [-0.15, -0.1) is 0 Å². The third kappa shape index (κ3) is 3.99. The van der Waals surface area contributed by atoms with Crippen LogP contribution in [0.25, 0.3) is 17.1 Å². The Morgan fingerprint density at radius 1 is 1.13 bits per heavy atom. The van der Waals surface area contributed by atoms with Crippen LogP contribution in [0.3, 0.4) is 0 Å². The lowest BCUT2D eigenvalue weighted by Gasteiger charge is -2.12. The molecule has 31 heavy (non-hydrogen) atoms. The number of hydrogen-bond donors (Lipinski definition) is 1. The molecule has 3 heterocycles. The van der Waals surface area contributed by atoms with Crippen LogP contribution in [0.5, 0.6) is 0 Å². The van der Waals surface area contributed by atoms with Crippen molar-refractivity contribution in [2.45, 2.75) is 13.1 Å². The van der Waals surface area contributed by atoms with Gasteiger partial charge in [-0.3, -0.25) is 9.78 Å². The highest BCUT2D eigenvalue weighted by Gasteiger charge is 2.40. The van der Waals surface area contributed by atoms with E-state index in [4.69, 9.17) is 4.52 Å². The first kappa shape index (κ1) is 20.2. The first-order valence-corrected chi connectivity index (χ1v) is 8.71. The number of anilines is 1. The molecule has 0 aliphatic rings. The number of nitrogens with zero attached hydrogens (tertiary/aromatic N) is 5. The van der Waals surface area contributed by atoms with Crippen LogP contribution in [-0.2, 0) is 6.18 Å². The van der Waals surface area contributed by atoms with Crippen molar-refractivity contribution in [3.8, 4) is 17.1 Å². The van der Waals surface area contributed by atoms with Gasteiger partial charge in [-0.05, 0) is 37.3 Å². The second kappa shape index (κ2) is 7.63. The molecule has 0 aliphatic carbocycles. The largest absolute Gasteiger partial charge is 0.434 e. The molecule has 1 amide bonds. The first-order chi connectivity index (χ1) is 14.7.